The first-order valence-electron chi connectivity index (χ1n) is 4.98. The molecule has 2 rings (SSSR count). The Balaban J connectivity index is 2.28. The zero-order valence-electron chi connectivity index (χ0n) is 7.84. The first-order chi connectivity index (χ1) is 6.36. The van der Waals surface area contributed by atoms with Crippen molar-refractivity contribution in [2.75, 3.05) is 17.6 Å². The van der Waals surface area contributed by atoms with Gasteiger partial charge in [0.05, 0.1) is 0 Å². The third-order valence-electron chi connectivity index (χ3n) is 2.57. The molecule has 0 bridgehead atoms. The van der Waals surface area contributed by atoms with Crippen LogP contribution in [0.15, 0.2) is 18.2 Å². The van der Waals surface area contributed by atoms with Gasteiger partial charge in [0.1, 0.15) is 0 Å². The maximum Gasteiger partial charge on any atom is 0.0393 e. The van der Waals surface area contributed by atoms with Crippen molar-refractivity contribution < 1.29 is 0 Å². The van der Waals surface area contributed by atoms with Crippen LogP contribution in [0.25, 0.3) is 0 Å². The summed E-state index contributed by atoms with van der Waals surface area (Å²) < 4.78 is 0. The molecule has 70 valence electrons. The van der Waals surface area contributed by atoms with E-state index in [0.29, 0.717) is 0 Å². The second kappa shape index (κ2) is 3.69. The number of nitrogens with two attached hydrogens (primary N) is 1. The van der Waals surface area contributed by atoms with Crippen molar-refractivity contribution in [1.82, 2.24) is 0 Å². The molecule has 0 spiro atoms. The molecule has 2 heteroatoms. The lowest BCUT2D eigenvalue weighted by Crippen LogP contribution is -2.08. The Morgan fingerprint density at radius 3 is 3.00 bits per heavy atom. The molecule has 1 aliphatic rings. The van der Waals surface area contributed by atoms with Gasteiger partial charge < -0.3 is 11.1 Å². The van der Waals surface area contributed by atoms with E-state index in [1.54, 1.807) is 0 Å². The van der Waals surface area contributed by atoms with E-state index in [1.807, 2.05) is 12.1 Å². The Morgan fingerprint density at radius 1 is 1.15 bits per heavy atom. The normalized spacial score (nSPS) is 16.6. The van der Waals surface area contributed by atoms with E-state index in [4.69, 9.17) is 5.73 Å². The Bertz CT molecular complexity index is 294. The molecule has 1 aliphatic heterocycles. The van der Waals surface area contributed by atoms with Gasteiger partial charge in [-0.1, -0.05) is 12.5 Å². The number of benzene rings is 1. The lowest BCUT2D eigenvalue weighted by Gasteiger charge is -2.15. The van der Waals surface area contributed by atoms with Crippen LogP contribution in [0.4, 0.5) is 11.4 Å². The summed E-state index contributed by atoms with van der Waals surface area (Å²) in [5.41, 5.74) is 9.23. The number of nitrogens with one attached hydrogen (secondary N) is 1. The Hall–Kier alpha value is -1.18. The van der Waals surface area contributed by atoms with Gasteiger partial charge in [-0.25, -0.2) is 0 Å². The summed E-state index contributed by atoms with van der Waals surface area (Å²) in [7, 11) is 0. The predicted octanol–water partition coefficient (Wildman–Crippen LogP) is 2.41. The van der Waals surface area contributed by atoms with Crippen LogP contribution in [-0.4, -0.2) is 6.54 Å². The summed E-state index contributed by atoms with van der Waals surface area (Å²) in [6.07, 6.45) is 5.09. The lowest BCUT2D eigenvalue weighted by molar-refractivity contribution is 0.686. The van der Waals surface area contributed by atoms with Crippen molar-refractivity contribution in [3.63, 3.8) is 0 Å². The van der Waals surface area contributed by atoms with E-state index in [2.05, 4.69) is 11.4 Å². The SMILES string of the molecule is Nc1ccc2c(c1)NCCCCC2. The highest BCUT2D eigenvalue weighted by atomic mass is 14.9. The highest BCUT2D eigenvalue weighted by Gasteiger charge is 2.05. The summed E-state index contributed by atoms with van der Waals surface area (Å²) >= 11 is 0. The van der Waals surface area contributed by atoms with Gasteiger partial charge in [0.15, 0.2) is 0 Å². The first kappa shape index (κ1) is 8.42. The van der Waals surface area contributed by atoms with Crippen molar-refractivity contribution in [2.45, 2.75) is 25.7 Å². The van der Waals surface area contributed by atoms with E-state index in [-0.39, 0.29) is 0 Å². The first-order valence-corrected chi connectivity index (χ1v) is 4.98. The zero-order chi connectivity index (χ0) is 9.10. The summed E-state index contributed by atoms with van der Waals surface area (Å²) in [5.74, 6) is 0. The van der Waals surface area contributed by atoms with Gasteiger partial charge in [0.2, 0.25) is 0 Å². The van der Waals surface area contributed by atoms with Crippen LogP contribution in [-0.2, 0) is 6.42 Å². The number of nitrogen functional groups attached to an aromatic ring is 1. The molecule has 1 aromatic rings. The fourth-order valence-electron chi connectivity index (χ4n) is 1.82. The van der Waals surface area contributed by atoms with Gasteiger partial charge in [0.25, 0.3) is 0 Å². The van der Waals surface area contributed by atoms with E-state index < -0.39 is 0 Å². The standard InChI is InChI=1S/C11H16N2/c12-10-6-5-9-4-2-1-3-7-13-11(9)8-10/h5-6,8,13H,1-4,7,12H2. The second-order valence-corrected chi connectivity index (χ2v) is 3.65. The minimum absolute atomic E-state index is 0.854. The van der Waals surface area contributed by atoms with Crippen LogP contribution in [0.3, 0.4) is 0 Å². The molecule has 0 aromatic heterocycles. The minimum atomic E-state index is 0.854. The van der Waals surface area contributed by atoms with Crippen LogP contribution in [0.5, 0.6) is 0 Å². The monoisotopic (exact) mass is 176 g/mol. The predicted molar refractivity (Wildman–Crippen MR) is 56.9 cm³/mol. The molecule has 13 heavy (non-hydrogen) atoms. The Morgan fingerprint density at radius 2 is 2.08 bits per heavy atom. The Kier molecular flexibility index (Phi) is 2.39. The molecular weight excluding hydrogens is 160 g/mol. The summed E-state index contributed by atoms with van der Waals surface area (Å²) in [6, 6.07) is 6.17. The Labute approximate surface area is 79.1 Å². The molecular formula is C11H16N2. The molecule has 2 nitrogen and oxygen atoms in total. The van der Waals surface area contributed by atoms with Crippen molar-refractivity contribution in [1.29, 1.82) is 0 Å². The van der Waals surface area contributed by atoms with E-state index >= 15 is 0 Å². The second-order valence-electron chi connectivity index (χ2n) is 3.65. The van der Waals surface area contributed by atoms with E-state index in [1.165, 1.54) is 36.9 Å². The molecule has 1 aromatic carbocycles. The molecule has 0 unspecified atom stereocenters. The molecule has 0 fully saturated rings. The number of anilines is 2. The van der Waals surface area contributed by atoms with Crippen molar-refractivity contribution in [2.24, 2.45) is 0 Å². The third kappa shape index (κ3) is 1.94. The van der Waals surface area contributed by atoms with Gasteiger partial charge in [0, 0.05) is 17.9 Å². The third-order valence-corrected chi connectivity index (χ3v) is 2.57. The summed E-state index contributed by atoms with van der Waals surface area (Å²) in [6.45, 7) is 1.08. The summed E-state index contributed by atoms with van der Waals surface area (Å²) in [4.78, 5) is 0. The molecule has 0 saturated heterocycles. The smallest absolute Gasteiger partial charge is 0.0393 e. The quantitative estimate of drug-likeness (QED) is 0.596. The maximum atomic E-state index is 5.73. The molecule has 3 N–H and O–H groups in total. The average Bonchev–Trinajstić information content (AvgIpc) is 2.08. The van der Waals surface area contributed by atoms with Gasteiger partial charge in [-0.05, 0) is 37.0 Å². The molecule has 0 atom stereocenters. The molecule has 0 saturated carbocycles. The minimum Gasteiger partial charge on any atom is -0.399 e. The fraction of sp³-hybridized carbons (Fsp3) is 0.455. The van der Waals surface area contributed by atoms with Crippen molar-refractivity contribution >= 4 is 11.4 Å². The van der Waals surface area contributed by atoms with Crippen LogP contribution in [0, 0.1) is 0 Å². The number of hydrogen-bond donors (Lipinski definition) is 2. The fourth-order valence-corrected chi connectivity index (χ4v) is 1.82. The van der Waals surface area contributed by atoms with Crippen molar-refractivity contribution in [3.05, 3.63) is 23.8 Å². The van der Waals surface area contributed by atoms with Crippen LogP contribution < -0.4 is 11.1 Å². The van der Waals surface area contributed by atoms with Gasteiger partial charge >= 0.3 is 0 Å². The number of fused-ring (bicyclic) bond motifs is 1. The molecule has 0 aliphatic carbocycles. The number of aryl methyl sites for hydroxylation is 1. The van der Waals surface area contributed by atoms with E-state index in [0.717, 1.165) is 12.2 Å². The van der Waals surface area contributed by atoms with E-state index in [9.17, 15) is 0 Å². The van der Waals surface area contributed by atoms with Crippen LogP contribution in [0.1, 0.15) is 24.8 Å². The van der Waals surface area contributed by atoms with Gasteiger partial charge in [-0.2, -0.15) is 0 Å². The van der Waals surface area contributed by atoms with Crippen LogP contribution >= 0.6 is 0 Å². The molecule has 0 amide bonds. The highest BCUT2D eigenvalue weighted by molar-refractivity contribution is 5.59. The molecule has 0 radical (unpaired) electrons. The number of rotatable bonds is 0. The molecule has 1 heterocycles. The highest BCUT2D eigenvalue weighted by Crippen LogP contribution is 2.23. The summed E-state index contributed by atoms with van der Waals surface area (Å²) in [5, 5.41) is 3.43. The maximum absolute atomic E-state index is 5.73. The van der Waals surface area contributed by atoms with Gasteiger partial charge in [-0.3, -0.25) is 0 Å². The van der Waals surface area contributed by atoms with Crippen LogP contribution in [0.2, 0.25) is 0 Å². The van der Waals surface area contributed by atoms with Gasteiger partial charge in [-0.15, -0.1) is 0 Å². The zero-order valence-corrected chi connectivity index (χ0v) is 7.84. The van der Waals surface area contributed by atoms with Crippen molar-refractivity contribution in [3.8, 4) is 0 Å². The number of hydrogen-bond acceptors (Lipinski definition) is 2. The average molecular weight is 176 g/mol. The lowest BCUT2D eigenvalue weighted by atomic mass is 10.0. The topological polar surface area (TPSA) is 38.0 Å². The largest absolute Gasteiger partial charge is 0.399 e.